The lowest BCUT2D eigenvalue weighted by Gasteiger charge is -2.06. The van der Waals surface area contributed by atoms with Crippen molar-refractivity contribution < 1.29 is 4.79 Å². The molecule has 1 aromatic heterocycles. The molecule has 0 spiro atoms. The van der Waals surface area contributed by atoms with Crippen molar-refractivity contribution in [3.8, 4) is 0 Å². The maximum absolute atomic E-state index is 12.0. The summed E-state index contributed by atoms with van der Waals surface area (Å²) in [5.41, 5.74) is 7.30. The molecule has 0 unspecified atom stereocenters. The highest BCUT2D eigenvalue weighted by atomic mass is 16.1. The molecule has 0 fully saturated rings. The second-order valence-corrected chi connectivity index (χ2v) is 4.63. The predicted octanol–water partition coefficient (Wildman–Crippen LogP) is 1.27. The van der Waals surface area contributed by atoms with E-state index in [4.69, 9.17) is 5.73 Å². The van der Waals surface area contributed by atoms with Gasteiger partial charge in [0, 0.05) is 30.9 Å². The summed E-state index contributed by atoms with van der Waals surface area (Å²) in [7, 11) is 0. The first-order valence-corrected chi connectivity index (χ1v) is 6.85. The number of aryl methyl sites for hydroxylation is 1. The molecule has 2 aromatic rings. The molecule has 0 atom stereocenters. The first kappa shape index (κ1) is 14.3. The molecular weight excluding hydrogens is 252 g/mol. The number of rotatable bonds is 7. The van der Waals surface area contributed by atoms with Crippen LogP contribution in [0.1, 0.15) is 28.2 Å². The van der Waals surface area contributed by atoms with Crippen molar-refractivity contribution >= 4 is 5.91 Å². The fourth-order valence-electron chi connectivity index (χ4n) is 2.03. The first-order chi connectivity index (χ1) is 9.79. The maximum Gasteiger partial charge on any atom is 0.251 e. The van der Waals surface area contributed by atoms with Crippen molar-refractivity contribution in [1.29, 1.82) is 0 Å². The Labute approximate surface area is 118 Å². The normalized spacial score (nSPS) is 10.4. The lowest BCUT2D eigenvalue weighted by molar-refractivity contribution is 0.0953. The van der Waals surface area contributed by atoms with Crippen LogP contribution in [0.4, 0.5) is 0 Å². The number of nitrogens with zero attached hydrogens (tertiary/aromatic N) is 1. The summed E-state index contributed by atoms with van der Waals surface area (Å²) < 4.78 is 0. The van der Waals surface area contributed by atoms with Crippen LogP contribution in [0.15, 0.2) is 36.7 Å². The van der Waals surface area contributed by atoms with Crippen molar-refractivity contribution in [1.82, 2.24) is 15.3 Å². The Bertz CT molecular complexity index is 537. The lowest BCUT2D eigenvalue weighted by Crippen LogP contribution is -2.25. The molecule has 0 saturated carbocycles. The smallest absolute Gasteiger partial charge is 0.251 e. The highest BCUT2D eigenvalue weighted by Gasteiger charge is 2.05. The second-order valence-electron chi connectivity index (χ2n) is 4.63. The molecule has 5 nitrogen and oxygen atoms in total. The van der Waals surface area contributed by atoms with Crippen molar-refractivity contribution in [2.45, 2.75) is 19.3 Å². The Morgan fingerprint density at radius 3 is 3.00 bits per heavy atom. The number of hydrogen-bond donors (Lipinski definition) is 3. The number of benzene rings is 1. The Morgan fingerprint density at radius 1 is 1.35 bits per heavy atom. The summed E-state index contributed by atoms with van der Waals surface area (Å²) in [4.78, 5) is 19.2. The van der Waals surface area contributed by atoms with Crippen molar-refractivity contribution in [2.75, 3.05) is 13.1 Å². The summed E-state index contributed by atoms with van der Waals surface area (Å²) in [5, 5.41) is 2.92. The van der Waals surface area contributed by atoms with Crippen LogP contribution in [0.2, 0.25) is 0 Å². The predicted molar refractivity (Wildman–Crippen MR) is 78.4 cm³/mol. The van der Waals surface area contributed by atoms with Gasteiger partial charge in [0.05, 0.1) is 0 Å². The molecule has 4 N–H and O–H groups in total. The van der Waals surface area contributed by atoms with Crippen LogP contribution in [0.5, 0.6) is 0 Å². The summed E-state index contributed by atoms with van der Waals surface area (Å²) in [5.74, 6) is 0.910. The van der Waals surface area contributed by atoms with Crippen LogP contribution in [0.3, 0.4) is 0 Å². The molecule has 0 aliphatic rings. The van der Waals surface area contributed by atoms with Gasteiger partial charge in [0.15, 0.2) is 0 Å². The van der Waals surface area contributed by atoms with Crippen molar-refractivity contribution in [3.63, 3.8) is 0 Å². The van der Waals surface area contributed by atoms with Gasteiger partial charge in [0.1, 0.15) is 5.82 Å². The van der Waals surface area contributed by atoms with Gasteiger partial charge in [-0.25, -0.2) is 4.98 Å². The topological polar surface area (TPSA) is 83.8 Å². The minimum Gasteiger partial charge on any atom is -0.352 e. The van der Waals surface area contributed by atoms with Crippen LogP contribution in [-0.2, 0) is 12.8 Å². The van der Waals surface area contributed by atoms with E-state index in [-0.39, 0.29) is 5.91 Å². The third-order valence-corrected chi connectivity index (χ3v) is 3.05. The molecule has 20 heavy (non-hydrogen) atoms. The minimum absolute atomic E-state index is 0.0386. The fourth-order valence-corrected chi connectivity index (χ4v) is 2.03. The maximum atomic E-state index is 12.0. The summed E-state index contributed by atoms with van der Waals surface area (Å²) in [6.07, 6.45) is 6.02. The van der Waals surface area contributed by atoms with Gasteiger partial charge >= 0.3 is 0 Å². The monoisotopic (exact) mass is 272 g/mol. The Morgan fingerprint density at radius 2 is 2.25 bits per heavy atom. The number of amides is 1. The van der Waals surface area contributed by atoms with Gasteiger partial charge < -0.3 is 16.0 Å². The Hall–Kier alpha value is -2.14. The number of aromatic amines is 1. The molecule has 0 bridgehead atoms. The van der Waals surface area contributed by atoms with E-state index in [0.29, 0.717) is 18.7 Å². The number of carbonyl (C=O) groups excluding carboxylic acids is 1. The molecule has 1 heterocycles. The van der Waals surface area contributed by atoms with E-state index in [1.54, 1.807) is 12.4 Å². The summed E-state index contributed by atoms with van der Waals surface area (Å²) >= 11 is 0. The van der Waals surface area contributed by atoms with Crippen LogP contribution < -0.4 is 11.1 Å². The number of aromatic nitrogens is 2. The number of nitrogens with two attached hydrogens (primary N) is 1. The molecule has 0 aliphatic heterocycles. The zero-order chi connectivity index (χ0) is 14.2. The first-order valence-electron chi connectivity index (χ1n) is 6.85. The molecule has 106 valence electrons. The molecule has 1 amide bonds. The zero-order valence-corrected chi connectivity index (χ0v) is 11.4. The van der Waals surface area contributed by atoms with E-state index >= 15 is 0 Å². The summed E-state index contributed by atoms with van der Waals surface area (Å²) in [6, 6.07) is 7.60. The SMILES string of the molecule is NCCc1cccc(C(=O)NCCCc2ncc[nH]2)c1. The van der Waals surface area contributed by atoms with Crippen molar-refractivity contribution in [2.24, 2.45) is 5.73 Å². The fraction of sp³-hybridized carbons (Fsp3) is 0.333. The number of carbonyl (C=O) groups is 1. The van der Waals surface area contributed by atoms with E-state index in [0.717, 1.165) is 30.7 Å². The number of nitrogens with one attached hydrogen (secondary N) is 2. The largest absolute Gasteiger partial charge is 0.352 e. The highest BCUT2D eigenvalue weighted by molar-refractivity contribution is 5.94. The van der Waals surface area contributed by atoms with Gasteiger partial charge in [0.2, 0.25) is 0 Å². The van der Waals surface area contributed by atoms with Crippen LogP contribution in [-0.4, -0.2) is 29.0 Å². The quantitative estimate of drug-likeness (QED) is 0.664. The molecule has 2 rings (SSSR count). The second kappa shape index (κ2) is 7.45. The van der Waals surface area contributed by atoms with Gasteiger partial charge in [-0.1, -0.05) is 12.1 Å². The molecule has 1 aromatic carbocycles. The van der Waals surface area contributed by atoms with E-state index in [9.17, 15) is 4.79 Å². The molecule has 0 saturated heterocycles. The van der Waals surface area contributed by atoms with Crippen LogP contribution in [0, 0.1) is 0 Å². The average molecular weight is 272 g/mol. The third kappa shape index (κ3) is 4.20. The highest BCUT2D eigenvalue weighted by Crippen LogP contribution is 2.05. The van der Waals surface area contributed by atoms with E-state index in [1.807, 2.05) is 24.3 Å². The average Bonchev–Trinajstić information content (AvgIpc) is 2.97. The Balaban J connectivity index is 1.78. The lowest BCUT2D eigenvalue weighted by atomic mass is 10.1. The number of imidazole rings is 1. The van der Waals surface area contributed by atoms with Gasteiger partial charge in [0.25, 0.3) is 5.91 Å². The van der Waals surface area contributed by atoms with E-state index < -0.39 is 0 Å². The van der Waals surface area contributed by atoms with Gasteiger partial charge in [-0.2, -0.15) is 0 Å². The molecule has 5 heteroatoms. The molecule has 0 aliphatic carbocycles. The Kier molecular flexibility index (Phi) is 5.32. The third-order valence-electron chi connectivity index (χ3n) is 3.05. The van der Waals surface area contributed by atoms with E-state index in [1.165, 1.54) is 0 Å². The number of H-pyrrole nitrogens is 1. The molecule has 0 radical (unpaired) electrons. The van der Waals surface area contributed by atoms with Gasteiger partial charge in [-0.15, -0.1) is 0 Å². The zero-order valence-electron chi connectivity index (χ0n) is 11.4. The van der Waals surface area contributed by atoms with Gasteiger partial charge in [-0.3, -0.25) is 4.79 Å². The summed E-state index contributed by atoms with van der Waals surface area (Å²) in [6.45, 7) is 1.23. The van der Waals surface area contributed by atoms with Gasteiger partial charge in [-0.05, 0) is 37.1 Å². The molecular formula is C15H20N4O. The van der Waals surface area contributed by atoms with Crippen LogP contribution in [0.25, 0.3) is 0 Å². The van der Waals surface area contributed by atoms with Crippen molar-refractivity contribution in [3.05, 3.63) is 53.6 Å². The number of hydrogen-bond acceptors (Lipinski definition) is 3. The van der Waals surface area contributed by atoms with E-state index in [2.05, 4.69) is 15.3 Å². The standard InChI is InChI=1S/C15H20N4O/c16-7-6-12-3-1-4-13(11-12)15(20)19-8-2-5-14-17-9-10-18-14/h1,3-4,9-11H,2,5-8,16H2,(H,17,18)(H,19,20). The minimum atomic E-state index is -0.0386. The van der Waals surface area contributed by atoms with Crippen LogP contribution >= 0.6 is 0 Å².